The summed E-state index contributed by atoms with van der Waals surface area (Å²) in [5.41, 5.74) is 1.12. The van der Waals surface area contributed by atoms with Gasteiger partial charge in [0.15, 0.2) is 0 Å². The number of carboxylic acid groups (broad SMARTS) is 1. The van der Waals surface area contributed by atoms with Crippen LogP contribution >= 0.6 is 0 Å². The number of nitrogens with zero attached hydrogens (tertiary/aromatic N) is 1. The number of aliphatic hydroxyl groups is 1. The number of rotatable bonds is 6. The van der Waals surface area contributed by atoms with Crippen LogP contribution in [0.2, 0.25) is 0 Å². The van der Waals surface area contributed by atoms with Crippen LogP contribution in [0.4, 0.5) is 5.69 Å². The molecule has 22 heavy (non-hydrogen) atoms. The Morgan fingerprint density at radius 1 is 1.09 bits per heavy atom. The zero-order valence-electron chi connectivity index (χ0n) is 11.8. The van der Waals surface area contributed by atoms with E-state index in [0.29, 0.717) is 17.7 Å². The average Bonchev–Trinajstić information content (AvgIpc) is 2.50. The fourth-order valence-corrected chi connectivity index (χ4v) is 2.15. The molecule has 0 amide bonds. The molecule has 2 rings (SSSR count). The number of aliphatic carboxylic acids is 1. The van der Waals surface area contributed by atoms with Gasteiger partial charge in [0, 0.05) is 18.3 Å². The lowest BCUT2D eigenvalue weighted by atomic mass is 10.1. The minimum Gasteiger partial charge on any atom is -0.508 e. The molecule has 0 aliphatic heterocycles. The molecule has 0 radical (unpaired) electrons. The van der Waals surface area contributed by atoms with E-state index >= 15 is 0 Å². The second-order valence-electron chi connectivity index (χ2n) is 4.80. The van der Waals surface area contributed by atoms with Gasteiger partial charge in [-0.15, -0.1) is 0 Å². The number of benzene rings is 2. The van der Waals surface area contributed by atoms with E-state index in [9.17, 15) is 20.1 Å². The molecule has 116 valence electrons. The number of hydrogen-bond donors (Lipinski definition) is 4. The van der Waals surface area contributed by atoms with Gasteiger partial charge in [-0.2, -0.15) is 0 Å². The predicted molar refractivity (Wildman–Crippen MR) is 80.9 cm³/mol. The van der Waals surface area contributed by atoms with Crippen molar-refractivity contribution in [3.05, 3.63) is 54.1 Å². The molecule has 0 bridgehead atoms. The Balaban J connectivity index is 2.18. The second kappa shape index (κ2) is 6.82. The maximum Gasteiger partial charge on any atom is 0.354 e. The summed E-state index contributed by atoms with van der Waals surface area (Å²) < 4.78 is 0. The van der Waals surface area contributed by atoms with Gasteiger partial charge in [0.25, 0.3) is 0 Å². The zero-order valence-corrected chi connectivity index (χ0v) is 11.8. The summed E-state index contributed by atoms with van der Waals surface area (Å²) in [4.78, 5) is 12.4. The summed E-state index contributed by atoms with van der Waals surface area (Å²) in [5, 5.41) is 37.9. The molecule has 1 atom stereocenters. The van der Waals surface area contributed by atoms with Crippen molar-refractivity contribution < 1.29 is 25.2 Å². The van der Waals surface area contributed by atoms with Crippen LogP contribution in [0.5, 0.6) is 11.5 Å². The summed E-state index contributed by atoms with van der Waals surface area (Å²) >= 11 is 0. The second-order valence-corrected chi connectivity index (χ2v) is 4.80. The van der Waals surface area contributed by atoms with Crippen molar-refractivity contribution in [1.82, 2.24) is 0 Å². The molecule has 0 aromatic heterocycles. The van der Waals surface area contributed by atoms with Gasteiger partial charge in [-0.25, -0.2) is 4.79 Å². The molecule has 0 heterocycles. The van der Waals surface area contributed by atoms with Crippen molar-refractivity contribution >= 4 is 11.7 Å². The molecule has 2 aromatic carbocycles. The van der Waals surface area contributed by atoms with Gasteiger partial charge in [0.05, 0.1) is 0 Å². The van der Waals surface area contributed by atoms with E-state index < -0.39 is 12.2 Å². The smallest absolute Gasteiger partial charge is 0.354 e. The first-order chi connectivity index (χ1) is 10.5. The van der Waals surface area contributed by atoms with E-state index in [-0.39, 0.29) is 18.0 Å². The molecule has 6 nitrogen and oxygen atoms in total. The number of aliphatic hydroxyl groups excluding tert-OH is 1. The number of para-hydroxylation sites is 1. The van der Waals surface area contributed by atoms with Crippen molar-refractivity contribution in [2.45, 2.75) is 12.6 Å². The molecular weight excluding hydrogens is 286 g/mol. The van der Waals surface area contributed by atoms with Crippen molar-refractivity contribution in [2.75, 3.05) is 11.4 Å². The van der Waals surface area contributed by atoms with E-state index in [1.54, 1.807) is 36.4 Å². The molecule has 0 fully saturated rings. The Hall–Kier alpha value is -2.73. The molecule has 0 saturated heterocycles. The zero-order chi connectivity index (χ0) is 16.1. The van der Waals surface area contributed by atoms with Crippen LogP contribution in [0.3, 0.4) is 0 Å². The average molecular weight is 303 g/mol. The Bertz CT molecular complexity index is 644. The van der Waals surface area contributed by atoms with Crippen LogP contribution in [0.1, 0.15) is 5.56 Å². The number of hydrogen-bond acceptors (Lipinski definition) is 5. The number of aromatic hydroxyl groups is 2. The maximum absolute atomic E-state index is 11.1. The Labute approximate surface area is 127 Å². The fourth-order valence-electron chi connectivity index (χ4n) is 2.15. The Morgan fingerprint density at radius 3 is 2.36 bits per heavy atom. The van der Waals surface area contributed by atoms with Crippen LogP contribution < -0.4 is 4.90 Å². The third-order valence-electron chi connectivity index (χ3n) is 3.29. The molecule has 0 saturated carbocycles. The van der Waals surface area contributed by atoms with Gasteiger partial charge in [-0.05, 0) is 30.2 Å². The van der Waals surface area contributed by atoms with Crippen molar-refractivity contribution in [1.29, 1.82) is 0 Å². The van der Waals surface area contributed by atoms with Gasteiger partial charge in [-0.3, -0.25) is 0 Å². The van der Waals surface area contributed by atoms with Crippen LogP contribution in [0, 0.1) is 0 Å². The SMILES string of the molecule is O=C(O)[C@H](O)N(CCc1ccc(O)cc1O)c1ccccc1. The van der Waals surface area contributed by atoms with Crippen LogP contribution in [0.15, 0.2) is 48.5 Å². The fraction of sp³-hybridized carbons (Fsp3) is 0.188. The van der Waals surface area contributed by atoms with E-state index in [2.05, 4.69) is 0 Å². The number of carboxylic acids is 1. The molecular formula is C16H17NO5. The minimum absolute atomic E-state index is 0.0493. The van der Waals surface area contributed by atoms with Gasteiger partial charge < -0.3 is 25.3 Å². The normalized spacial score (nSPS) is 11.9. The summed E-state index contributed by atoms with van der Waals surface area (Å²) in [5.74, 6) is -1.47. The highest BCUT2D eigenvalue weighted by molar-refractivity contribution is 5.76. The largest absolute Gasteiger partial charge is 0.508 e. The molecule has 0 spiro atoms. The van der Waals surface area contributed by atoms with E-state index in [0.717, 1.165) is 0 Å². The summed E-state index contributed by atoms with van der Waals surface area (Å²) in [6, 6.07) is 12.9. The lowest BCUT2D eigenvalue weighted by Gasteiger charge is -2.27. The first-order valence-electron chi connectivity index (χ1n) is 6.72. The van der Waals surface area contributed by atoms with E-state index in [1.807, 2.05) is 0 Å². The van der Waals surface area contributed by atoms with E-state index in [1.165, 1.54) is 17.0 Å². The Kier molecular flexibility index (Phi) is 4.85. The quantitative estimate of drug-likeness (QED) is 0.604. The number of phenols is 2. The molecule has 0 unspecified atom stereocenters. The molecule has 6 heteroatoms. The molecule has 0 aliphatic carbocycles. The first-order valence-corrected chi connectivity index (χ1v) is 6.72. The van der Waals surface area contributed by atoms with Gasteiger partial charge >= 0.3 is 5.97 Å². The lowest BCUT2D eigenvalue weighted by molar-refractivity contribution is -0.146. The molecule has 2 aromatic rings. The summed E-state index contributed by atoms with van der Waals surface area (Å²) in [6.45, 7) is 0.190. The topological polar surface area (TPSA) is 101 Å². The highest BCUT2D eigenvalue weighted by atomic mass is 16.4. The predicted octanol–water partition coefficient (Wildman–Crippen LogP) is 1.55. The van der Waals surface area contributed by atoms with Crippen LogP contribution in [0.25, 0.3) is 0 Å². The van der Waals surface area contributed by atoms with Crippen molar-refractivity contribution in [3.8, 4) is 11.5 Å². The van der Waals surface area contributed by atoms with Gasteiger partial charge in [-0.1, -0.05) is 24.3 Å². The first kappa shape index (κ1) is 15.7. The lowest BCUT2D eigenvalue weighted by Crippen LogP contribution is -2.42. The summed E-state index contributed by atoms with van der Waals surface area (Å²) in [6.07, 6.45) is -1.37. The van der Waals surface area contributed by atoms with E-state index in [4.69, 9.17) is 5.11 Å². The number of carbonyl (C=O) groups is 1. The maximum atomic E-state index is 11.1. The third-order valence-corrected chi connectivity index (χ3v) is 3.29. The standard InChI is InChI=1S/C16H17NO5/c18-13-7-6-11(14(19)10-13)8-9-17(15(20)16(21)22)12-4-2-1-3-5-12/h1-7,10,15,18-20H,8-9H2,(H,21,22)/t15-/m0/s1. The highest BCUT2D eigenvalue weighted by Gasteiger charge is 2.23. The summed E-state index contributed by atoms with van der Waals surface area (Å²) in [7, 11) is 0. The molecule has 4 N–H and O–H groups in total. The van der Waals surface area contributed by atoms with Crippen LogP contribution in [-0.4, -0.2) is 39.2 Å². The number of anilines is 1. The van der Waals surface area contributed by atoms with Gasteiger partial charge in [0.1, 0.15) is 11.5 Å². The third kappa shape index (κ3) is 3.67. The monoisotopic (exact) mass is 303 g/mol. The number of phenolic OH excluding ortho intramolecular Hbond substituents is 2. The molecule has 0 aliphatic rings. The van der Waals surface area contributed by atoms with Crippen LogP contribution in [-0.2, 0) is 11.2 Å². The van der Waals surface area contributed by atoms with Crippen molar-refractivity contribution in [2.24, 2.45) is 0 Å². The van der Waals surface area contributed by atoms with Crippen molar-refractivity contribution in [3.63, 3.8) is 0 Å². The highest BCUT2D eigenvalue weighted by Crippen LogP contribution is 2.24. The Morgan fingerprint density at radius 2 is 1.77 bits per heavy atom. The van der Waals surface area contributed by atoms with Gasteiger partial charge in [0.2, 0.25) is 6.23 Å². The minimum atomic E-state index is -1.68.